The molecule has 0 bridgehead atoms. The van der Waals surface area contributed by atoms with Crippen LogP contribution in [0.3, 0.4) is 0 Å². The predicted octanol–water partition coefficient (Wildman–Crippen LogP) is 2.61. The van der Waals surface area contributed by atoms with Crippen molar-refractivity contribution in [1.82, 2.24) is 14.8 Å². The number of carbonyl (C=O) groups is 1. The van der Waals surface area contributed by atoms with Gasteiger partial charge >= 0.3 is 0 Å². The third-order valence-corrected chi connectivity index (χ3v) is 6.17. The summed E-state index contributed by atoms with van der Waals surface area (Å²) in [4.78, 5) is 17.8. The number of aliphatic hydroxyl groups is 1. The number of carbonyl (C=O) groups excluding carboxylic acids is 1. The fourth-order valence-electron chi connectivity index (χ4n) is 4.10. The maximum absolute atomic E-state index is 13.4. The van der Waals surface area contributed by atoms with Gasteiger partial charge in [-0.15, -0.1) is 0 Å². The van der Waals surface area contributed by atoms with Crippen molar-refractivity contribution in [3.8, 4) is 0 Å². The second-order valence-electron chi connectivity index (χ2n) is 7.75. The fraction of sp³-hybridized carbons (Fsp3) is 0.455. The van der Waals surface area contributed by atoms with Gasteiger partial charge in [-0.2, -0.15) is 5.10 Å². The molecule has 1 saturated heterocycles. The van der Waals surface area contributed by atoms with Crippen LogP contribution in [-0.2, 0) is 4.79 Å². The van der Waals surface area contributed by atoms with Gasteiger partial charge in [0.25, 0.3) is 5.91 Å². The van der Waals surface area contributed by atoms with Gasteiger partial charge in [0.05, 0.1) is 24.6 Å². The molecule has 0 spiro atoms. The average molecular weight is 431 g/mol. The molecule has 2 aromatic rings. The van der Waals surface area contributed by atoms with Crippen LogP contribution >= 0.6 is 11.6 Å². The monoisotopic (exact) mass is 430 g/mol. The SMILES string of the molecule is CC(C(=O)N1N=C(c2ccc(Cl)cc2)CC1c1ccco1)N1CCN(CCO)CC1. The number of hydrazone groups is 1. The third-order valence-electron chi connectivity index (χ3n) is 5.91. The number of rotatable bonds is 6. The van der Waals surface area contributed by atoms with Crippen molar-refractivity contribution in [1.29, 1.82) is 0 Å². The molecule has 0 radical (unpaired) electrons. The molecule has 1 amide bonds. The summed E-state index contributed by atoms with van der Waals surface area (Å²) in [6, 6.07) is 10.7. The number of piperazine rings is 1. The second-order valence-corrected chi connectivity index (χ2v) is 8.19. The molecule has 160 valence electrons. The van der Waals surface area contributed by atoms with Crippen LogP contribution in [0.15, 0.2) is 52.2 Å². The van der Waals surface area contributed by atoms with Gasteiger partial charge in [-0.1, -0.05) is 23.7 Å². The third kappa shape index (κ3) is 4.44. The van der Waals surface area contributed by atoms with Crippen LogP contribution in [0, 0.1) is 0 Å². The van der Waals surface area contributed by atoms with Gasteiger partial charge in [-0.3, -0.25) is 14.6 Å². The number of amides is 1. The molecule has 0 aliphatic carbocycles. The van der Waals surface area contributed by atoms with Crippen molar-refractivity contribution < 1.29 is 14.3 Å². The molecule has 1 fully saturated rings. The Labute approximate surface area is 181 Å². The van der Waals surface area contributed by atoms with Crippen molar-refractivity contribution in [2.24, 2.45) is 5.10 Å². The van der Waals surface area contributed by atoms with Crippen LogP contribution in [-0.4, -0.2) is 76.9 Å². The molecule has 1 N–H and O–H groups in total. The van der Waals surface area contributed by atoms with E-state index in [1.807, 2.05) is 43.3 Å². The van der Waals surface area contributed by atoms with E-state index in [9.17, 15) is 4.79 Å². The number of aliphatic hydroxyl groups excluding tert-OH is 1. The number of hydrogen-bond donors (Lipinski definition) is 1. The van der Waals surface area contributed by atoms with Gasteiger partial charge in [0, 0.05) is 44.2 Å². The zero-order valence-corrected chi connectivity index (χ0v) is 17.8. The van der Waals surface area contributed by atoms with E-state index in [1.54, 1.807) is 11.3 Å². The van der Waals surface area contributed by atoms with Crippen molar-refractivity contribution >= 4 is 23.2 Å². The molecule has 4 rings (SSSR count). The Morgan fingerprint density at radius 2 is 1.97 bits per heavy atom. The first-order chi connectivity index (χ1) is 14.6. The molecule has 7 nitrogen and oxygen atoms in total. The molecule has 2 aliphatic rings. The second kappa shape index (κ2) is 9.31. The van der Waals surface area contributed by atoms with Crippen LogP contribution in [0.2, 0.25) is 5.02 Å². The maximum Gasteiger partial charge on any atom is 0.260 e. The first-order valence-corrected chi connectivity index (χ1v) is 10.7. The Kier molecular flexibility index (Phi) is 6.53. The van der Waals surface area contributed by atoms with E-state index in [4.69, 9.17) is 26.2 Å². The highest BCUT2D eigenvalue weighted by Crippen LogP contribution is 2.34. The minimum absolute atomic E-state index is 0.0315. The van der Waals surface area contributed by atoms with Crippen molar-refractivity contribution in [2.45, 2.75) is 25.4 Å². The van der Waals surface area contributed by atoms with Crippen LogP contribution in [0.25, 0.3) is 0 Å². The highest BCUT2D eigenvalue weighted by molar-refractivity contribution is 6.30. The zero-order valence-electron chi connectivity index (χ0n) is 17.1. The molecule has 2 aliphatic heterocycles. The van der Waals surface area contributed by atoms with Gasteiger partial charge in [0.2, 0.25) is 0 Å². The number of hydrogen-bond acceptors (Lipinski definition) is 6. The van der Waals surface area contributed by atoms with E-state index in [2.05, 4.69) is 9.80 Å². The normalized spacial score (nSPS) is 21.6. The number of furan rings is 1. The number of benzene rings is 1. The lowest BCUT2D eigenvalue weighted by molar-refractivity contribution is -0.139. The summed E-state index contributed by atoms with van der Waals surface area (Å²) in [7, 11) is 0. The van der Waals surface area contributed by atoms with Gasteiger partial charge in [-0.25, -0.2) is 5.01 Å². The lowest BCUT2D eigenvalue weighted by atomic mass is 10.0. The Bertz CT molecular complexity index is 876. The Hall–Kier alpha value is -2.19. The highest BCUT2D eigenvalue weighted by Gasteiger charge is 2.38. The first kappa shape index (κ1) is 21.1. The average Bonchev–Trinajstić information content (AvgIpc) is 3.44. The van der Waals surface area contributed by atoms with Crippen molar-refractivity contribution in [3.05, 3.63) is 59.0 Å². The summed E-state index contributed by atoms with van der Waals surface area (Å²) >= 11 is 6.02. The smallest absolute Gasteiger partial charge is 0.260 e. The molecule has 2 atom stereocenters. The topological polar surface area (TPSA) is 72.5 Å². The van der Waals surface area contributed by atoms with Crippen molar-refractivity contribution in [2.75, 3.05) is 39.3 Å². The summed E-state index contributed by atoms with van der Waals surface area (Å²) in [6.45, 7) is 6.06. The lowest BCUT2D eigenvalue weighted by Gasteiger charge is -2.38. The Morgan fingerprint density at radius 3 is 2.60 bits per heavy atom. The standard InChI is InChI=1S/C22H27ClN4O3/c1-16(26-10-8-25(9-11-26)12-13-28)22(29)27-20(21-3-2-14-30-21)15-19(24-27)17-4-6-18(23)7-5-17/h2-7,14,16,20,28H,8-13,15H2,1H3. The molecule has 3 heterocycles. The van der Waals surface area contributed by atoms with E-state index in [-0.39, 0.29) is 24.6 Å². The number of β-amino-alcohol motifs (C(OH)–C–C–N with tert-alkyl or cyclic N) is 1. The van der Waals surface area contributed by atoms with Crippen LogP contribution in [0.1, 0.15) is 30.7 Å². The van der Waals surface area contributed by atoms with Crippen LogP contribution in [0.5, 0.6) is 0 Å². The van der Waals surface area contributed by atoms with E-state index < -0.39 is 0 Å². The van der Waals surface area contributed by atoms with E-state index in [0.29, 0.717) is 18.0 Å². The highest BCUT2D eigenvalue weighted by atomic mass is 35.5. The molecule has 1 aromatic carbocycles. The summed E-state index contributed by atoms with van der Waals surface area (Å²) < 4.78 is 5.64. The largest absolute Gasteiger partial charge is 0.467 e. The lowest BCUT2D eigenvalue weighted by Crippen LogP contribution is -2.54. The molecular weight excluding hydrogens is 404 g/mol. The predicted molar refractivity (Wildman–Crippen MR) is 115 cm³/mol. The van der Waals surface area contributed by atoms with Crippen molar-refractivity contribution in [3.63, 3.8) is 0 Å². The molecule has 2 unspecified atom stereocenters. The zero-order chi connectivity index (χ0) is 21.1. The van der Waals surface area contributed by atoms with E-state index >= 15 is 0 Å². The molecule has 0 saturated carbocycles. The first-order valence-electron chi connectivity index (χ1n) is 10.3. The Balaban J connectivity index is 1.52. The molecule has 1 aromatic heterocycles. The minimum Gasteiger partial charge on any atom is -0.467 e. The van der Waals surface area contributed by atoms with E-state index in [1.165, 1.54) is 0 Å². The fourth-order valence-corrected chi connectivity index (χ4v) is 4.22. The summed E-state index contributed by atoms with van der Waals surface area (Å²) in [5.74, 6) is 0.701. The summed E-state index contributed by atoms with van der Waals surface area (Å²) in [5, 5.41) is 16.1. The van der Waals surface area contributed by atoms with Gasteiger partial charge in [-0.05, 0) is 36.8 Å². The number of nitrogens with zero attached hydrogens (tertiary/aromatic N) is 4. The quantitative estimate of drug-likeness (QED) is 0.762. The van der Waals surface area contributed by atoms with Gasteiger partial charge in [0.1, 0.15) is 11.8 Å². The number of halogens is 1. The Morgan fingerprint density at radius 1 is 1.23 bits per heavy atom. The maximum atomic E-state index is 13.4. The summed E-state index contributed by atoms with van der Waals surface area (Å²) in [6.07, 6.45) is 2.22. The molecular formula is C22H27ClN4O3. The van der Waals surface area contributed by atoms with Gasteiger partial charge < -0.3 is 9.52 Å². The van der Waals surface area contributed by atoms with E-state index in [0.717, 1.165) is 43.2 Å². The molecule has 8 heteroatoms. The van der Waals surface area contributed by atoms with Crippen LogP contribution in [0.4, 0.5) is 0 Å². The molecule has 30 heavy (non-hydrogen) atoms. The van der Waals surface area contributed by atoms with Gasteiger partial charge in [0.15, 0.2) is 0 Å². The summed E-state index contributed by atoms with van der Waals surface area (Å²) in [5.41, 5.74) is 1.80. The van der Waals surface area contributed by atoms with Crippen LogP contribution < -0.4 is 0 Å². The minimum atomic E-state index is -0.285.